The van der Waals surface area contributed by atoms with Crippen LogP contribution in [-0.4, -0.2) is 11.0 Å². The molecule has 0 radical (unpaired) electrons. The summed E-state index contributed by atoms with van der Waals surface area (Å²) in [6, 6.07) is 11.5. The van der Waals surface area contributed by atoms with Gasteiger partial charge in [0.2, 0.25) is 0 Å². The Balaban J connectivity index is 1.92. The number of carbonyl (C=O) groups excluding carboxylic acids is 1. The van der Waals surface area contributed by atoms with Crippen molar-refractivity contribution < 1.29 is 4.79 Å². The van der Waals surface area contributed by atoms with E-state index in [9.17, 15) is 4.79 Å². The third-order valence-corrected chi connectivity index (χ3v) is 3.90. The van der Waals surface area contributed by atoms with E-state index >= 15 is 0 Å². The summed E-state index contributed by atoms with van der Waals surface area (Å²) in [5, 5.41) is 5.78. The van der Waals surface area contributed by atoms with E-state index in [-0.39, 0.29) is 12.1 Å². The summed E-state index contributed by atoms with van der Waals surface area (Å²) < 4.78 is 0. The summed E-state index contributed by atoms with van der Waals surface area (Å²) in [6.07, 6.45) is 4.55. The Bertz CT molecular complexity index is 595. The van der Waals surface area contributed by atoms with Crippen LogP contribution in [0.2, 0.25) is 0 Å². The second-order valence-corrected chi connectivity index (χ2v) is 5.53. The number of pyridine rings is 1. The predicted octanol–water partition coefficient (Wildman–Crippen LogP) is 4.48. The maximum absolute atomic E-state index is 12.0. The average molecular weight is 297 g/mol. The molecule has 0 saturated carbocycles. The normalized spacial score (nSPS) is 13.2. The lowest BCUT2D eigenvalue weighted by Crippen LogP contribution is -2.31. The van der Waals surface area contributed by atoms with Gasteiger partial charge in [0.05, 0.1) is 6.04 Å². The number of nitrogens with one attached hydrogen (secondary N) is 2. The minimum Gasteiger partial charge on any atom is -0.331 e. The van der Waals surface area contributed by atoms with Crippen molar-refractivity contribution in [2.45, 2.75) is 39.2 Å². The first-order chi connectivity index (χ1) is 10.6. The molecule has 1 aromatic carbocycles. The van der Waals surface area contributed by atoms with E-state index < -0.39 is 0 Å². The highest BCUT2D eigenvalue weighted by atomic mass is 16.2. The minimum atomic E-state index is -0.208. The lowest BCUT2D eigenvalue weighted by Gasteiger charge is -2.15. The average Bonchev–Trinajstić information content (AvgIpc) is 2.55. The molecule has 22 heavy (non-hydrogen) atoms. The van der Waals surface area contributed by atoms with E-state index in [0.29, 0.717) is 5.92 Å². The lowest BCUT2D eigenvalue weighted by molar-refractivity contribution is 0.249. The molecule has 2 amide bonds. The molecule has 4 heteroatoms. The van der Waals surface area contributed by atoms with Crippen LogP contribution in [0.4, 0.5) is 10.5 Å². The van der Waals surface area contributed by atoms with Gasteiger partial charge in [-0.3, -0.25) is 4.98 Å². The van der Waals surface area contributed by atoms with Gasteiger partial charge in [-0.2, -0.15) is 0 Å². The van der Waals surface area contributed by atoms with E-state index in [1.54, 1.807) is 12.4 Å². The number of urea groups is 1. The molecule has 1 heterocycles. The Labute approximate surface area is 132 Å². The van der Waals surface area contributed by atoms with Gasteiger partial charge in [-0.05, 0) is 54.7 Å². The first-order valence-electron chi connectivity index (χ1n) is 7.67. The molecule has 0 aliphatic rings. The van der Waals surface area contributed by atoms with E-state index in [4.69, 9.17) is 0 Å². The number of aromatic nitrogens is 1. The van der Waals surface area contributed by atoms with Gasteiger partial charge in [-0.1, -0.05) is 26.0 Å². The van der Waals surface area contributed by atoms with Crippen LogP contribution in [0.5, 0.6) is 0 Å². The van der Waals surface area contributed by atoms with Gasteiger partial charge in [0, 0.05) is 18.1 Å². The highest BCUT2D eigenvalue weighted by Crippen LogP contribution is 2.20. The Morgan fingerprint density at radius 2 is 1.68 bits per heavy atom. The fourth-order valence-electron chi connectivity index (χ4n) is 2.23. The molecule has 116 valence electrons. The van der Waals surface area contributed by atoms with Gasteiger partial charge >= 0.3 is 6.03 Å². The van der Waals surface area contributed by atoms with Gasteiger partial charge < -0.3 is 10.6 Å². The van der Waals surface area contributed by atoms with Crippen LogP contribution < -0.4 is 10.6 Å². The van der Waals surface area contributed by atoms with Crippen LogP contribution >= 0.6 is 0 Å². The Morgan fingerprint density at radius 3 is 2.27 bits per heavy atom. The summed E-state index contributed by atoms with van der Waals surface area (Å²) >= 11 is 0. The second-order valence-electron chi connectivity index (χ2n) is 5.53. The topological polar surface area (TPSA) is 54.0 Å². The number of amides is 2. The molecule has 4 nitrogen and oxygen atoms in total. The van der Waals surface area contributed by atoms with Crippen LogP contribution in [-0.2, 0) is 0 Å². The van der Waals surface area contributed by atoms with Gasteiger partial charge in [0.25, 0.3) is 0 Å². The summed E-state index contributed by atoms with van der Waals surface area (Å²) in [7, 11) is 0. The number of anilines is 1. The molecular formula is C18H23N3O. The molecule has 0 unspecified atom stereocenters. The zero-order valence-corrected chi connectivity index (χ0v) is 13.3. The molecular weight excluding hydrogens is 274 g/mol. The number of rotatable bonds is 5. The minimum absolute atomic E-state index is 0.0672. The molecule has 0 spiro atoms. The van der Waals surface area contributed by atoms with E-state index in [1.807, 2.05) is 31.2 Å². The number of hydrogen-bond donors (Lipinski definition) is 2. The maximum atomic E-state index is 12.0. The van der Waals surface area contributed by atoms with Crippen molar-refractivity contribution >= 4 is 11.7 Å². The Morgan fingerprint density at radius 1 is 1.05 bits per heavy atom. The van der Waals surface area contributed by atoms with Crippen molar-refractivity contribution in [2.24, 2.45) is 0 Å². The SMILES string of the molecule is CC[C@@H](C)c1ccc(NC(=O)N[C@H](C)c2ccncc2)cc1. The molecule has 0 fully saturated rings. The van der Waals surface area contributed by atoms with Crippen molar-refractivity contribution in [3.05, 3.63) is 59.9 Å². The van der Waals surface area contributed by atoms with Crippen LogP contribution in [0.3, 0.4) is 0 Å². The van der Waals surface area contributed by atoms with Crippen molar-refractivity contribution in [1.29, 1.82) is 0 Å². The fourth-order valence-corrected chi connectivity index (χ4v) is 2.23. The van der Waals surface area contributed by atoms with Gasteiger partial charge in [0.15, 0.2) is 0 Å². The largest absolute Gasteiger partial charge is 0.331 e. The number of carbonyl (C=O) groups is 1. The summed E-state index contributed by atoms with van der Waals surface area (Å²) in [5.74, 6) is 0.537. The molecule has 2 atom stereocenters. The van der Waals surface area contributed by atoms with Crippen LogP contribution in [0.1, 0.15) is 50.3 Å². The number of benzene rings is 1. The first kappa shape index (κ1) is 16.0. The van der Waals surface area contributed by atoms with E-state index in [2.05, 4.69) is 41.6 Å². The highest BCUT2D eigenvalue weighted by Gasteiger charge is 2.09. The summed E-state index contributed by atoms with van der Waals surface area (Å²) in [4.78, 5) is 16.0. The predicted molar refractivity (Wildman–Crippen MR) is 90.0 cm³/mol. The second kappa shape index (κ2) is 7.59. The van der Waals surface area contributed by atoms with Crippen molar-refractivity contribution in [1.82, 2.24) is 10.3 Å². The molecule has 2 rings (SSSR count). The van der Waals surface area contributed by atoms with Crippen LogP contribution in [0.15, 0.2) is 48.8 Å². The van der Waals surface area contributed by atoms with Crippen LogP contribution in [0, 0.1) is 0 Å². The maximum Gasteiger partial charge on any atom is 0.319 e. The van der Waals surface area contributed by atoms with Crippen molar-refractivity contribution in [2.75, 3.05) is 5.32 Å². The zero-order valence-electron chi connectivity index (χ0n) is 13.3. The van der Waals surface area contributed by atoms with E-state index in [0.717, 1.165) is 17.7 Å². The highest BCUT2D eigenvalue weighted by molar-refractivity contribution is 5.89. The summed E-state index contributed by atoms with van der Waals surface area (Å²) in [5.41, 5.74) is 3.11. The van der Waals surface area contributed by atoms with Gasteiger partial charge in [0.1, 0.15) is 0 Å². The molecule has 0 aliphatic carbocycles. The summed E-state index contributed by atoms with van der Waals surface area (Å²) in [6.45, 7) is 6.32. The van der Waals surface area contributed by atoms with Crippen LogP contribution in [0.25, 0.3) is 0 Å². The number of hydrogen-bond acceptors (Lipinski definition) is 2. The van der Waals surface area contributed by atoms with Crippen molar-refractivity contribution in [3.8, 4) is 0 Å². The van der Waals surface area contributed by atoms with Crippen molar-refractivity contribution in [3.63, 3.8) is 0 Å². The zero-order chi connectivity index (χ0) is 15.9. The monoisotopic (exact) mass is 297 g/mol. The quantitative estimate of drug-likeness (QED) is 0.855. The first-order valence-corrected chi connectivity index (χ1v) is 7.67. The van der Waals surface area contributed by atoms with Gasteiger partial charge in [-0.25, -0.2) is 4.79 Å². The molecule has 1 aromatic heterocycles. The standard InChI is InChI=1S/C18H23N3O/c1-4-13(2)15-5-7-17(8-6-15)21-18(22)20-14(3)16-9-11-19-12-10-16/h5-14H,4H2,1-3H3,(H2,20,21,22)/t13-,14-/m1/s1. The third-order valence-electron chi connectivity index (χ3n) is 3.90. The van der Waals surface area contributed by atoms with E-state index in [1.165, 1.54) is 5.56 Å². The number of nitrogens with zero attached hydrogens (tertiary/aromatic N) is 1. The molecule has 0 aliphatic heterocycles. The molecule has 2 N–H and O–H groups in total. The Hall–Kier alpha value is -2.36. The fraction of sp³-hybridized carbons (Fsp3) is 0.333. The lowest BCUT2D eigenvalue weighted by atomic mass is 9.99. The Kier molecular flexibility index (Phi) is 5.53. The molecule has 0 bridgehead atoms. The third kappa shape index (κ3) is 4.32. The molecule has 0 saturated heterocycles. The molecule has 2 aromatic rings. The smallest absolute Gasteiger partial charge is 0.319 e. The van der Waals surface area contributed by atoms with Gasteiger partial charge in [-0.15, -0.1) is 0 Å².